The van der Waals surface area contributed by atoms with Crippen molar-refractivity contribution in [2.45, 2.75) is 19.5 Å². The van der Waals surface area contributed by atoms with Crippen molar-refractivity contribution < 1.29 is 13.9 Å². The Labute approximate surface area is 89.8 Å². The van der Waals surface area contributed by atoms with Crippen LogP contribution in [0.25, 0.3) is 0 Å². The zero-order chi connectivity index (χ0) is 11.3. The molecule has 0 fully saturated rings. The second-order valence-corrected chi connectivity index (χ2v) is 3.64. The lowest BCUT2D eigenvalue weighted by Gasteiger charge is -2.22. The van der Waals surface area contributed by atoms with Gasteiger partial charge >= 0.3 is 0 Å². The van der Waals surface area contributed by atoms with Crippen LogP contribution in [0.15, 0.2) is 16.5 Å². The predicted molar refractivity (Wildman–Crippen MR) is 56.9 cm³/mol. The molecule has 1 aromatic rings. The van der Waals surface area contributed by atoms with Crippen LogP contribution in [-0.2, 0) is 11.3 Å². The fourth-order valence-corrected chi connectivity index (χ4v) is 1.31. The highest BCUT2D eigenvalue weighted by atomic mass is 16.5. The van der Waals surface area contributed by atoms with Gasteiger partial charge in [0.1, 0.15) is 5.76 Å². The topological polar surface area (TPSA) is 42.7 Å². The summed E-state index contributed by atoms with van der Waals surface area (Å²) in [6.45, 7) is 3.43. The molecule has 4 heteroatoms. The second kappa shape index (κ2) is 5.68. The van der Waals surface area contributed by atoms with Crippen LogP contribution in [0.3, 0.4) is 0 Å². The lowest BCUT2D eigenvalue weighted by molar-refractivity contribution is 0.105. The molecule has 15 heavy (non-hydrogen) atoms. The third kappa shape index (κ3) is 3.49. The molecule has 0 saturated carbocycles. The molecule has 0 amide bonds. The smallest absolute Gasteiger partial charge is 0.185 e. The molecule has 1 atom stereocenters. The number of rotatable bonds is 6. The van der Waals surface area contributed by atoms with E-state index in [2.05, 4.69) is 11.8 Å². The monoisotopic (exact) mass is 211 g/mol. The molecule has 0 aromatic carbocycles. The van der Waals surface area contributed by atoms with Crippen molar-refractivity contribution in [3.05, 3.63) is 23.7 Å². The fourth-order valence-electron chi connectivity index (χ4n) is 1.31. The van der Waals surface area contributed by atoms with E-state index in [1.54, 1.807) is 13.2 Å². The third-order valence-corrected chi connectivity index (χ3v) is 2.36. The van der Waals surface area contributed by atoms with Crippen molar-refractivity contribution in [1.29, 1.82) is 0 Å². The van der Waals surface area contributed by atoms with Crippen molar-refractivity contribution in [3.63, 3.8) is 0 Å². The number of furan rings is 1. The molecule has 0 radical (unpaired) electrons. The maximum atomic E-state index is 10.4. The van der Waals surface area contributed by atoms with Crippen LogP contribution in [0.4, 0.5) is 0 Å². The van der Waals surface area contributed by atoms with Crippen molar-refractivity contribution in [2.75, 3.05) is 20.8 Å². The predicted octanol–water partition coefficient (Wildman–Crippen LogP) is 1.56. The summed E-state index contributed by atoms with van der Waals surface area (Å²) in [5.41, 5.74) is 0. The van der Waals surface area contributed by atoms with Gasteiger partial charge in [0.2, 0.25) is 0 Å². The fraction of sp³-hybridized carbons (Fsp3) is 0.545. The number of likely N-dealkylation sites (N-methyl/N-ethyl adjacent to an activating group) is 1. The summed E-state index contributed by atoms with van der Waals surface area (Å²) < 4.78 is 10.3. The summed E-state index contributed by atoms with van der Waals surface area (Å²) in [6.07, 6.45) is 0.710. The van der Waals surface area contributed by atoms with Gasteiger partial charge in [-0.05, 0) is 26.1 Å². The highest BCUT2D eigenvalue weighted by molar-refractivity contribution is 5.70. The highest BCUT2D eigenvalue weighted by Gasteiger charge is 2.11. The van der Waals surface area contributed by atoms with Gasteiger partial charge in [-0.3, -0.25) is 9.69 Å². The molecule has 0 spiro atoms. The maximum absolute atomic E-state index is 10.4. The number of carbonyl (C=O) groups excluding carboxylic acids is 1. The van der Waals surface area contributed by atoms with Gasteiger partial charge < -0.3 is 9.15 Å². The summed E-state index contributed by atoms with van der Waals surface area (Å²) in [7, 11) is 3.68. The van der Waals surface area contributed by atoms with E-state index in [-0.39, 0.29) is 0 Å². The van der Waals surface area contributed by atoms with Crippen LogP contribution < -0.4 is 0 Å². The van der Waals surface area contributed by atoms with Crippen LogP contribution in [-0.4, -0.2) is 38.0 Å². The van der Waals surface area contributed by atoms with Gasteiger partial charge in [0.25, 0.3) is 0 Å². The first-order valence-corrected chi connectivity index (χ1v) is 4.90. The van der Waals surface area contributed by atoms with Crippen LogP contribution in [0, 0.1) is 0 Å². The lowest BCUT2D eigenvalue weighted by Crippen LogP contribution is -2.31. The Morgan fingerprint density at radius 1 is 1.60 bits per heavy atom. The number of nitrogens with zero attached hydrogens (tertiary/aromatic N) is 1. The molecule has 1 rings (SSSR count). The molecule has 0 saturated heterocycles. The lowest BCUT2D eigenvalue weighted by atomic mass is 10.3. The molecule has 1 aromatic heterocycles. The van der Waals surface area contributed by atoms with Gasteiger partial charge in [-0.2, -0.15) is 0 Å². The SMILES string of the molecule is COCC(C)N(C)Cc1ccc(C=O)o1. The number of hydrogen-bond donors (Lipinski definition) is 0. The zero-order valence-electron chi connectivity index (χ0n) is 9.40. The van der Waals surface area contributed by atoms with E-state index >= 15 is 0 Å². The summed E-state index contributed by atoms with van der Waals surface area (Å²) in [5.74, 6) is 1.17. The van der Waals surface area contributed by atoms with Gasteiger partial charge in [0.05, 0.1) is 13.2 Å². The number of carbonyl (C=O) groups is 1. The van der Waals surface area contributed by atoms with Gasteiger partial charge in [0.15, 0.2) is 12.0 Å². The van der Waals surface area contributed by atoms with Crippen molar-refractivity contribution in [3.8, 4) is 0 Å². The number of methoxy groups -OCH3 is 1. The summed E-state index contributed by atoms with van der Waals surface area (Å²) in [6, 6.07) is 3.82. The Kier molecular flexibility index (Phi) is 4.52. The molecular formula is C11H17NO3. The molecular weight excluding hydrogens is 194 g/mol. The van der Waals surface area contributed by atoms with Gasteiger partial charge in [-0.25, -0.2) is 0 Å². The van der Waals surface area contributed by atoms with Crippen molar-refractivity contribution in [2.24, 2.45) is 0 Å². The normalized spacial score (nSPS) is 13.1. The van der Waals surface area contributed by atoms with Gasteiger partial charge in [-0.1, -0.05) is 0 Å². The molecule has 1 unspecified atom stereocenters. The Morgan fingerprint density at radius 3 is 2.87 bits per heavy atom. The van der Waals surface area contributed by atoms with E-state index in [9.17, 15) is 4.79 Å². The number of aldehydes is 1. The average Bonchev–Trinajstić information content (AvgIpc) is 2.66. The standard InChI is InChI=1S/C11H17NO3/c1-9(8-14-3)12(2)6-10-4-5-11(7-13)15-10/h4-5,7,9H,6,8H2,1-3H3. The first-order chi connectivity index (χ1) is 7.17. The molecule has 1 heterocycles. The average molecular weight is 211 g/mol. The molecule has 0 aliphatic heterocycles. The second-order valence-electron chi connectivity index (χ2n) is 3.64. The Hall–Kier alpha value is -1.13. The quantitative estimate of drug-likeness (QED) is 0.670. The first-order valence-electron chi connectivity index (χ1n) is 4.90. The van der Waals surface area contributed by atoms with Gasteiger partial charge in [-0.15, -0.1) is 0 Å². The molecule has 4 nitrogen and oxygen atoms in total. The minimum atomic E-state index is 0.319. The van der Waals surface area contributed by atoms with Crippen LogP contribution >= 0.6 is 0 Å². The summed E-state index contributed by atoms with van der Waals surface area (Å²) >= 11 is 0. The van der Waals surface area contributed by atoms with E-state index in [0.29, 0.717) is 31.2 Å². The molecule has 0 aliphatic carbocycles. The summed E-state index contributed by atoms with van der Waals surface area (Å²) in [5, 5.41) is 0. The van der Waals surface area contributed by atoms with E-state index in [4.69, 9.17) is 9.15 Å². The van der Waals surface area contributed by atoms with E-state index in [1.807, 2.05) is 13.1 Å². The molecule has 0 aliphatic rings. The molecule has 84 valence electrons. The Bertz CT molecular complexity index is 309. The van der Waals surface area contributed by atoms with E-state index in [1.165, 1.54) is 0 Å². The van der Waals surface area contributed by atoms with Crippen LogP contribution in [0.2, 0.25) is 0 Å². The van der Waals surface area contributed by atoms with Crippen molar-refractivity contribution in [1.82, 2.24) is 4.90 Å². The number of ether oxygens (including phenoxy) is 1. The van der Waals surface area contributed by atoms with E-state index in [0.717, 1.165) is 5.76 Å². The highest BCUT2D eigenvalue weighted by Crippen LogP contribution is 2.10. The van der Waals surface area contributed by atoms with Gasteiger partial charge in [0, 0.05) is 13.2 Å². The zero-order valence-corrected chi connectivity index (χ0v) is 9.40. The maximum Gasteiger partial charge on any atom is 0.185 e. The minimum Gasteiger partial charge on any atom is -0.457 e. The first kappa shape index (κ1) is 11.9. The largest absolute Gasteiger partial charge is 0.457 e. The van der Waals surface area contributed by atoms with Crippen molar-refractivity contribution >= 4 is 6.29 Å². The molecule has 0 bridgehead atoms. The Morgan fingerprint density at radius 2 is 2.33 bits per heavy atom. The molecule has 0 N–H and O–H groups in total. The Balaban J connectivity index is 2.49. The number of hydrogen-bond acceptors (Lipinski definition) is 4. The third-order valence-electron chi connectivity index (χ3n) is 2.36. The van der Waals surface area contributed by atoms with Crippen LogP contribution in [0.1, 0.15) is 23.2 Å². The van der Waals surface area contributed by atoms with E-state index < -0.39 is 0 Å². The van der Waals surface area contributed by atoms with Crippen LogP contribution in [0.5, 0.6) is 0 Å². The minimum absolute atomic E-state index is 0.319. The summed E-state index contributed by atoms with van der Waals surface area (Å²) in [4.78, 5) is 12.5.